The van der Waals surface area contributed by atoms with Gasteiger partial charge < -0.3 is 25.4 Å². The van der Waals surface area contributed by atoms with Crippen molar-refractivity contribution in [3.8, 4) is 22.5 Å². The predicted molar refractivity (Wildman–Crippen MR) is 161 cm³/mol. The molecule has 0 aliphatic carbocycles. The second-order valence-electron chi connectivity index (χ2n) is 12.5. The van der Waals surface area contributed by atoms with Crippen LogP contribution in [0.1, 0.15) is 85.5 Å². The molecule has 2 amide bonds. The highest BCUT2D eigenvalue weighted by Crippen LogP contribution is 2.42. The Balaban J connectivity index is 1.42. The molecule has 2 aromatic carbocycles. The van der Waals surface area contributed by atoms with Crippen molar-refractivity contribution in [2.45, 2.75) is 70.4 Å². The topological polar surface area (TPSA) is 120 Å². The summed E-state index contributed by atoms with van der Waals surface area (Å²) in [5.41, 5.74) is 10.9. The van der Waals surface area contributed by atoms with Crippen molar-refractivity contribution in [2.24, 2.45) is 0 Å². The maximum atomic E-state index is 15.5. The minimum Gasteiger partial charge on any atom is -0.444 e. The Morgan fingerprint density at radius 1 is 1.05 bits per heavy atom. The normalized spacial score (nSPS) is 19.2. The number of hydrogen-bond acceptors (Lipinski definition) is 7. The van der Waals surface area contributed by atoms with Gasteiger partial charge in [-0.1, -0.05) is 18.2 Å². The van der Waals surface area contributed by atoms with E-state index in [4.69, 9.17) is 20.2 Å². The molecule has 9 nitrogen and oxygen atoms in total. The summed E-state index contributed by atoms with van der Waals surface area (Å²) in [7, 11) is 0. The van der Waals surface area contributed by atoms with Crippen LogP contribution in [0.5, 0.6) is 0 Å². The maximum Gasteiger partial charge on any atom is 0.410 e. The molecule has 0 saturated carbocycles. The van der Waals surface area contributed by atoms with Crippen LogP contribution < -0.4 is 11.1 Å². The van der Waals surface area contributed by atoms with Crippen LogP contribution >= 0.6 is 0 Å². The van der Waals surface area contributed by atoms with Crippen molar-refractivity contribution < 1.29 is 23.5 Å². The summed E-state index contributed by atoms with van der Waals surface area (Å²) >= 11 is 0. The van der Waals surface area contributed by atoms with Gasteiger partial charge in [0.25, 0.3) is 5.91 Å². The number of ether oxygens (including phenoxy) is 2. The molecule has 0 radical (unpaired) electrons. The predicted octanol–water partition coefficient (Wildman–Crippen LogP) is 5.78. The van der Waals surface area contributed by atoms with Gasteiger partial charge in [-0.25, -0.2) is 9.78 Å². The molecule has 4 heterocycles. The average Bonchev–Trinajstić information content (AvgIpc) is 3.47. The highest BCUT2D eigenvalue weighted by Gasteiger charge is 2.36. The molecular weight excluding hydrogens is 549 g/mol. The summed E-state index contributed by atoms with van der Waals surface area (Å²) in [4.78, 5) is 36.1. The molecule has 3 aliphatic rings. The van der Waals surface area contributed by atoms with E-state index in [0.717, 1.165) is 42.4 Å². The molecule has 3 aromatic rings. The number of nitrogens with one attached hydrogen (secondary N) is 1. The molecule has 3 N–H and O–H groups in total. The Hall–Kier alpha value is -4.05. The van der Waals surface area contributed by atoms with E-state index in [9.17, 15) is 9.59 Å². The lowest BCUT2D eigenvalue weighted by Gasteiger charge is -2.32. The number of fused-ring (bicyclic) bond motifs is 1. The van der Waals surface area contributed by atoms with E-state index in [2.05, 4.69) is 10.3 Å². The lowest BCUT2D eigenvalue weighted by atomic mass is 9.84. The van der Waals surface area contributed by atoms with Gasteiger partial charge in [0.15, 0.2) is 5.82 Å². The van der Waals surface area contributed by atoms with Crippen molar-refractivity contribution in [3.05, 3.63) is 64.6 Å². The van der Waals surface area contributed by atoms with E-state index in [-0.39, 0.29) is 35.5 Å². The van der Waals surface area contributed by atoms with Gasteiger partial charge in [-0.3, -0.25) is 4.79 Å². The summed E-state index contributed by atoms with van der Waals surface area (Å²) < 4.78 is 26.9. The van der Waals surface area contributed by atoms with Gasteiger partial charge in [0.1, 0.15) is 17.0 Å². The maximum absolute atomic E-state index is 15.5. The number of carbonyl (C=O) groups excluding carboxylic acids is 2. The van der Waals surface area contributed by atoms with Gasteiger partial charge >= 0.3 is 6.09 Å². The largest absolute Gasteiger partial charge is 0.444 e. The molecule has 1 aromatic heterocycles. The number of aromatic nitrogens is 2. The summed E-state index contributed by atoms with van der Waals surface area (Å²) in [5.74, 6) is -0.633. The smallest absolute Gasteiger partial charge is 0.410 e. The number of benzene rings is 2. The number of anilines is 1. The SMILES string of the molecule is CC(C)(C)OC(=O)N1CCC[C@H]1c1cc(-c2nc(-c3ccc4c(c3)CCNC4=O)c(N)nc2F)ccc1C1CCOCC1. The second-order valence-corrected chi connectivity index (χ2v) is 12.5. The van der Waals surface area contributed by atoms with Gasteiger partial charge in [-0.05, 0) is 93.7 Å². The third-order valence-electron chi connectivity index (χ3n) is 8.44. The molecule has 0 unspecified atom stereocenters. The molecule has 226 valence electrons. The Kier molecular flexibility index (Phi) is 7.81. The van der Waals surface area contributed by atoms with Crippen LogP contribution in [0.25, 0.3) is 22.5 Å². The first-order valence-corrected chi connectivity index (χ1v) is 15.0. The van der Waals surface area contributed by atoms with Crippen molar-refractivity contribution in [1.29, 1.82) is 0 Å². The van der Waals surface area contributed by atoms with E-state index >= 15 is 4.39 Å². The second kappa shape index (κ2) is 11.6. The highest BCUT2D eigenvalue weighted by molar-refractivity contribution is 5.97. The number of rotatable bonds is 4. The van der Waals surface area contributed by atoms with E-state index in [1.807, 2.05) is 45.0 Å². The third-order valence-corrected chi connectivity index (χ3v) is 8.44. The van der Waals surface area contributed by atoms with Crippen LogP contribution in [-0.4, -0.2) is 58.8 Å². The highest BCUT2D eigenvalue weighted by atomic mass is 19.1. The lowest BCUT2D eigenvalue weighted by molar-refractivity contribution is 0.0222. The van der Waals surface area contributed by atoms with E-state index in [0.29, 0.717) is 55.1 Å². The molecule has 3 aliphatic heterocycles. The van der Waals surface area contributed by atoms with Gasteiger partial charge in [0.2, 0.25) is 5.95 Å². The fourth-order valence-electron chi connectivity index (χ4n) is 6.42. The number of carbonyl (C=O) groups is 2. The van der Waals surface area contributed by atoms with Crippen LogP contribution in [0.15, 0.2) is 36.4 Å². The number of likely N-dealkylation sites (tertiary alicyclic amines) is 1. The first-order valence-electron chi connectivity index (χ1n) is 15.0. The minimum atomic E-state index is -0.765. The summed E-state index contributed by atoms with van der Waals surface area (Å²) in [6, 6.07) is 11.1. The quantitative estimate of drug-likeness (QED) is 0.397. The summed E-state index contributed by atoms with van der Waals surface area (Å²) in [5, 5.41) is 2.84. The molecule has 2 fully saturated rings. The average molecular weight is 588 g/mol. The van der Waals surface area contributed by atoms with Crippen molar-refractivity contribution >= 4 is 17.8 Å². The van der Waals surface area contributed by atoms with E-state index in [1.54, 1.807) is 17.0 Å². The summed E-state index contributed by atoms with van der Waals surface area (Å²) in [6.45, 7) is 8.08. The molecule has 6 rings (SSSR count). The first kappa shape index (κ1) is 29.0. The van der Waals surface area contributed by atoms with E-state index in [1.165, 1.54) is 0 Å². The molecule has 0 spiro atoms. The van der Waals surface area contributed by atoms with Gasteiger partial charge in [0.05, 0.1) is 6.04 Å². The Labute approximate surface area is 251 Å². The Morgan fingerprint density at radius 3 is 2.56 bits per heavy atom. The van der Waals surface area contributed by atoms with Gasteiger partial charge in [-0.2, -0.15) is 9.37 Å². The zero-order chi connectivity index (χ0) is 30.3. The minimum absolute atomic E-state index is 0.0209. The van der Waals surface area contributed by atoms with Gasteiger partial charge in [0, 0.05) is 43.0 Å². The van der Waals surface area contributed by atoms with Crippen LogP contribution in [0, 0.1) is 5.95 Å². The molecule has 10 heteroatoms. The molecular formula is C33H38FN5O4. The zero-order valence-electron chi connectivity index (χ0n) is 24.9. The number of hydrogen-bond donors (Lipinski definition) is 2. The van der Waals surface area contributed by atoms with Crippen molar-refractivity contribution in [1.82, 2.24) is 20.2 Å². The Morgan fingerprint density at radius 2 is 1.79 bits per heavy atom. The number of nitrogens with two attached hydrogens (primary N) is 1. The third kappa shape index (κ3) is 5.93. The molecule has 0 bridgehead atoms. The zero-order valence-corrected chi connectivity index (χ0v) is 24.9. The number of amides is 2. The molecule has 43 heavy (non-hydrogen) atoms. The van der Waals surface area contributed by atoms with Crippen molar-refractivity contribution in [3.63, 3.8) is 0 Å². The van der Waals surface area contributed by atoms with Crippen LogP contribution in [-0.2, 0) is 15.9 Å². The monoisotopic (exact) mass is 587 g/mol. The van der Waals surface area contributed by atoms with Crippen molar-refractivity contribution in [2.75, 3.05) is 32.0 Å². The van der Waals surface area contributed by atoms with Crippen LogP contribution in [0.3, 0.4) is 0 Å². The number of nitrogens with zero attached hydrogens (tertiary/aromatic N) is 3. The van der Waals surface area contributed by atoms with Gasteiger partial charge in [-0.15, -0.1) is 0 Å². The number of halogens is 1. The standard InChI is InChI=1S/C33H38FN5O4/c1-33(2,3)43-32(41)39-14-4-5-26(39)25-18-22(6-8-23(25)19-11-15-42-16-12-19)27-29(34)38-30(35)28(37-27)21-7-9-24-20(17-21)10-13-36-31(24)40/h6-9,17-19,26H,4-5,10-16H2,1-3H3,(H2,35,38)(H,36,40)/t26-/m0/s1. The summed E-state index contributed by atoms with van der Waals surface area (Å²) in [6.07, 6.45) is 3.72. The van der Waals surface area contributed by atoms with Crippen LogP contribution in [0.2, 0.25) is 0 Å². The molecule has 2 saturated heterocycles. The first-order chi connectivity index (χ1) is 20.6. The fraction of sp³-hybridized carbons (Fsp3) is 0.455. The number of nitrogen functional groups attached to an aromatic ring is 1. The van der Waals surface area contributed by atoms with Crippen LogP contribution in [0.4, 0.5) is 15.0 Å². The van der Waals surface area contributed by atoms with E-state index < -0.39 is 11.5 Å². The fourth-order valence-corrected chi connectivity index (χ4v) is 6.42. The molecule has 1 atom stereocenters. The Bertz CT molecular complexity index is 1560. The lowest BCUT2D eigenvalue weighted by Crippen LogP contribution is -2.36.